The van der Waals surface area contributed by atoms with Gasteiger partial charge in [0.1, 0.15) is 42.3 Å². The molecule has 3 unspecified atom stereocenters. The Hall–Kier alpha value is -3.90. The van der Waals surface area contributed by atoms with Crippen LogP contribution in [0.5, 0.6) is 5.75 Å². The molecule has 0 bridgehead atoms. The molecule has 11 heteroatoms. The summed E-state index contributed by atoms with van der Waals surface area (Å²) < 4.78 is 38.0. The first-order chi connectivity index (χ1) is 17.7. The number of anilines is 1. The van der Waals surface area contributed by atoms with E-state index < -0.39 is 61.6 Å². The smallest absolute Gasteiger partial charge is 0.344 e. The molecule has 0 aliphatic heterocycles. The van der Waals surface area contributed by atoms with E-state index in [2.05, 4.69) is 5.32 Å². The van der Waals surface area contributed by atoms with Crippen LogP contribution >= 0.6 is 0 Å². The number of rotatable bonds is 11. The van der Waals surface area contributed by atoms with E-state index in [1.165, 1.54) is 54.6 Å². The first kappa shape index (κ1) is 27.7. The normalized spacial score (nSPS) is 13.4. The molecule has 9 nitrogen and oxygen atoms in total. The van der Waals surface area contributed by atoms with E-state index in [9.17, 15) is 33.7 Å². The van der Waals surface area contributed by atoms with Crippen LogP contribution in [0.25, 0.3) is 11.1 Å². The molecule has 3 aromatic rings. The minimum absolute atomic E-state index is 0.167. The fourth-order valence-electron chi connectivity index (χ4n) is 3.23. The molecule has 0 spiro atoms. The summed E-state index contributed by atoms with van der Waals surface area (Å²) in [7, 11) is 0. The van der Waals surface area contributed by atoms with Crippen molar-refractivity contribution < 1.29 is 48.3 Å². The van der Waals surface area contributed by atoms with Gasteiger partial charge in [0.25, 0.3) is 5.91 Å². The summed E-state index contributed by atoms with van der Waals surface area (Å²) in [6.45, 7) is -2.00. The Bertz CT molecular complexity index is 1240. The molecule has 0 fully saturated rings. The highest BCUT2D eigenvalue weighted by molar-refractivity contribution is 6.05. The van der Waals surface area contributed by atoms with E-state index in [4.69, 9.17) is 14.6 Å². The molecule has 3 aromatic carbocycles. The molecule has 0 heterocycles. The topological polar surface area (TPSA) is 146 Å². The number of aliphatic hydroxyl groups is 4. The van der Waals surface area contributed by atoms with Gasteiger partial charge in [-0.15, -0.1) is 0 Å². The van der Waals surface area contributed by atoms with Gasteiger partial charge in [-0.25, -0.2) is 13.6 Å². The zero-order valence-corrected chi connectivity index (χ0v) is 19.4. The van der Waals surface area contributed by atoms with E-state index in [0.29, 0.717) is 11.1 Å². The molecule has 1 amide bonds. The number of carbonyl (C=O) groups excluding carboxylic acids is 2. The Morgan fingerprint density at radius 2 is 1.62 bits per heavy atom. The quantitative estimate of drug-likeness (QED) is 0.243. The third-order valence-corrected chi connectivity index (χ3v) is 5.21. The van der Waals surface area contributed by atoms with Crippen molar-refractivity contribution in [2.45, 2.75) is 18.3 Å². The van der Waals surface area contributed by atoms with Gasteiger partial charge in [-0.2, -0.15) is 0 Å². The predicted octanol–water partition coefficient (Wildman–Crippen LogP) is 1.88. The van der Waals surface area contributed by atoms with Gasteiger partial charge in [-0.05, 0) is 47.5 Å². The van der Waals surface area contributed by atoms with Crippen LogP contribution in [-0.2, 0) is 9.53 Å². The van der Waals surface area contributed by atoms with Gasteiger partial charge in [0.15, 0.2) is 6.61 Å². The maximum Gasteiger partial charge on any atom is 0.344 e. The predicted molar refractivity (Wildman–Crippen MR) is 128 cm³/mol. The van der Waals surface area contributed by atoms with E-state index in [0.717, 1.165) is 6.07 Å². The van der Waals surface area contributed by atoms with Crippen LogP contribution in [0.15, 0.2) is 66.7 Å². The van der Waals surface area contributed by atoms with E-state index >= 15 is 0 Å². The summed E-state index contributed by atoms with van der Waals surface area (Å²) in [5, 5.41) is 39.8. The Morgan fingerprint density at radius 3 is 2.35 bits per heavy atom. The highest BCUT2D eigenvalue weighted by atomic mass is 19.1. The van der Waals surface area contributed by atoms with Crippen molar-refractivity contribution in [3.05, 3.63) is 83.9 Å². The lowest BCUT2D eigenvalue weighted by molar-refractivity contribution is -0.154. The van der Waals surface area contributed by atoms with Gasteiger partial charge in [0.2, 0.25) is 0 Å². The molecule has 0 saturated carbocycles. The number of halogens is 2. The third kappa shape index (κ3) is 7.79. The average molecular weight is 517 g/mol. The molecular formula is C26H25F2NO8. The lowest BCUT2D eigenvalue weighted by Crippen LogP contribution is -2.42. The second-order valence-electron chi connectivity index (χ2n) is 7.97. The fraction of sp³-hybridized carbons (Fsp3) is 0.231. The number of esters is 1. The molecular weight excluding hydrogens is 492 g/mol. The highest BCUT2D eigenvalue weighted by Crippen LogP contribution is 2.24. The van der Waals surface area contributed by atoms with Gasteiger partial charge in [0, 0.05) is 11.8 Å². The third-order valence-electron chi connectivity index (χ3n) is 5.21. The van der Waals surface area contributed by atoms with Gasteiger partial charge >= 0.3 is 5.97 Å². The van der Waals surface area contributed by atoms with Crippen molar-refractivity contribution in [2.75, 3.05) is 25.1 Å². The number of hydrogen-bond acceptors (Lipinski definition) is 8. The Kier molecular flexibility index (Phi) is 9.64. The summed E-state index contributed by atoms with van der Waals surface area (Å²) in [6, 6.07) is 15.4. The minimum Gasteiger partial charge on any atom is -0.482 e. The molecule has 5 N–H and O–H groups in total. The largest absolute Gasteiger partial charge is 0.482 e. The van der Waals surface area contributed by atoms with Crippen LogP contribution in [-0.4, -0.2) is 70.4 Å². The molecule has 0 radical (unpaired) electrons. The van der Waals surface area contributed by atoms with Crippen LogP contribution in [0.2, 0.25) is 0 Å². The molecule has 3 rings (SSSR count). The summed E-state index contributed by atoms with van der Waals surface area (Å²) in [6.07, 6.45) is -4.93. The number of benzene rings is 3. The van der Waals surface area contributed by atoms with Crippen LogP contribution in [0, 0.1) is 11.6 Å². The van der Waals surface area contributed by atoms with Gasteiger partial charge in [0.05, 0.1) is 12.2 Å². The lowest BCUT2D eigenvalue weighted by Gasteiger charge is -2.21. The van der Waals surface area contributed by atoms with Crippen LogP contribution in [0.3, 0.4) is 0 Å². The second kappa shape index (κ2) is 12.9. The van der Waals surface area contributed by atoms with Crippen LogP contribution in [0.1, 0.15) is 10.4 Å². The van der Waals surface area contributed by atoms with E-state index in [-0.39, 0.29) is 17.0 Å². The van der Waals surface area contributed by atoms with Crippen LogP contribution < -0.4 is 10.1 Å². The van der Waals surface area contributed by atoms with Crippen molar-refractivity contribution in [3.63, 3.8) is 0 Å². The molecule has 3 atom stereocenters. The molecule has 0 aliphatic rings. The number of nitrogens with one attached hydrogen (secondary N) is 1. The monoisotopic (exact) mass is 517 g/mol. The SMILES string of the molecule is O=C(COc1cccc(NC(=O)c2cc(-c3cccc(F)c3)ccc2F)c1)OCC(O)C(O)C(O)CO. The molecule has 37 heavy (non-hydrogen) atoms. The number of carbonyl (C=O) groups is 2. The average Bonchev–Trinajstić information content (AvgIpc) is 2.90. The number of aliphatic hydroxyl groups excluding tert-OH is 4. The Labute approximate surface area is 210 Å². The van der Waals surface area contributed by atoms with Crippen molar-refractivity contribution >= 4 is 17.6 Å². The minimum atomic E-state index is -1.71. The highest BCUT2D eigenvalue weighted by Gasteiger charge is 2.25. The molecule has 0 aromatic heterocycles. The standard InChI is InChI=1S/C26H25F2NO8/c27-17-4-1-3-15(9-17)16-7-8-21(28)20(10-16)26(35)29-18-5-2-6-19(11-18)36-14-24(33)37-13-23(32)25(34)22(31)12-30/h1-11,22-23,25,30-32,34H,12-14H2,(H,29,35). The van der Waals surface area contributed by atoms with Crippen molar-refractivity contribution in [2.24, 2.45) is 0 Å². The molecule has 0 aliphatic carbocycles. The summed E-state index contributed by atoms with van der Waals surface area (Å²) >= 11 is 0. The van der Waals surface area contributed by atoms with Gasteiger partial charge < -0.3 is 35.2 Å². The first-order valence-electron chi connectivity index (χ1n) is 11.1. The Morgan fingerprint density at radius 1 is 0.892 bits per heavy atom. The van der Waals surface area contributed by atoms with Crippen molar-refractivity contribution in [3.8, 4) is 16.9 Å². The fourth-order valence-corrected chi connectivity index (χ4v) is 3.23. The van der Waals surface area contributed by atoms with E-state index in [1.54, 1.807) is 6.07 Å². The molecule has 0 saturated heterocycles. The summed E-state index contributed by atoms with van der Waals surface area (Å²) in [5.74, 6) is -2.73. The number of amides is 1. The van der Waals surface area contributed by atoms with Crippen LogP contribution in [0.4, 0.5) is 14.5 Å². The van der Waals surface area contributed by atoms with Crippen molar-refractivity contribution in [1.82, 2.24) is 0 Å². The first-order valence-corrected chi connectivity index (χ1v) is 11.1. The zero-order valence-electron chi connectivity index (χ0n) is 19.4. The summed E-state index contributed by atoms with van der Waals surface area (Å²) in [5.41, 5.74) is 0.903. The number of ether oxygens (including phenoxy) is 2. The second-order valence-corrected chi connectivity index (χ2v) is 7.97. The zero-order chi connectivity index (χ0) is 26.9. The lowest BCUT2D eigenvalue weighted by atomic mass is 10.0. The van der Waals surface area contributed by atoms with Gasteiger partial charge in [-0.3, -0.25) is 4.79 Å². The molecule has 196 valence electrons. The van der Waals surface area contributed by atoms with E-state index in [1.807, 2.05) is 0 Å². The van der Waals surface area contributed by atoms with Crippen molar-refractivity contribution in [1.29, 1.82) is 0 Å². The Balaban J connectivity index is 1.59. The maximum absolute atomic E-state index is 14.4. The number of hydrogen-bond donors (Lipinski definition) is 5. The summed E-state index contributed by atoms with van der Waals surface area (Å²) in [4.78, 5) is 24.6. The maximum atomic E-state index is 14.4. The van der Waals surface area contributed by atoms with Gasteiger partial charge in [-0.1, -0.05) is 24.3 Å².